The standard InChI is InChI=1S/C22H27N3O3/c1-16-15-23-11-14-25(16)21(26)18-7-5-17(6-8-18)19-9-10-20(28-19)22(27)24-12-3-2-4-13-24/h5-10,16,23H,2-4,11-15H2,1H3. The minimum absolute atomic E-state index is 0.0366. The number of piperidine rings is 1. The van der Waals surface area contributed by atoms with E-state index < -0.39 is 0 Å². The Bertz CT molecular complexity index is 837. The summed E-state index contributed by atoms with van der Waals surface area (Å²) in [7, 11) is 0. The van der Waals surface area contributed by atoms with Crippen molar-refractivity contribution in [2.45, 2.75) is 32.2 Å². The van der Waals surface area contributed by atoms with E-state index in [4.69, 9.17) is 4.42 Å². The highest BCUT2D eigenvalue weighted by Gasteiger charge is 2.24. The molecule has 0 saturated carbocycles. The summed E-state index contributed by atoms with van der Waals surface area (Å²) in [5, 5.41) is 3.30. The van der Waals surface area contributed by atoms with Gasteiger partial charge in [0.2, 0.25) is 0 Å². The van der Waals surface area contributed by atoms with Gasteiger partial charge in [-0.1, -0.05) is 12.1 Å². The maximum absolute atomic E-state index is 12.8. The Labute approximate surface area is 165 Å². The van der Waals surface area contributed by atoms with Gasteiger partial charge in [0.25, 0.3) is 11.8 Å². The average molecular weight is 381 g/mol. The molecule has 28 heavy (non-hydrogen) atoms. The topological polar surface area (TPSA) is 65.8 Å². The van der Waals surface area contributed by atoms with Gasteiger partial charge in [0, 0.05) is 49.9 Å². The number of hydrogen-bond acceptors (Lipinski definition) is 4. The molecule has 4 rings (SSSR count). The zero-order valence-electron chi connectivity index (χ0n) is 16.3. The van der Waals surface area contributed by atoms with Crippen molar-refractivity contribution in [3.05, 3.63) is 47.7 Å². The van der Waals surface area contributed by atoms with E-state index in [9.17, 15) is 9.59 Å². The summed E-state index contributed by atoms with van der Waals surface area (Å²) >= 11 is 0. The molecule has 2 aliphatic heterocycles. The Hall–Kier alpha value is -2.60. The van der Waals surface area contributed by atoms with Crippen molar-refractivity contribution in [1.29, 1.82) is 0 Å². The van der Waals surface area contributed by atoms with Gasteiger partial charge in [0.05, 0.1) is 0 Å². The Morgan fingerprint density at radius 1 is 0.964 bits per heavy atom. The molecular weight excluding hydrogens is 354 g/mol. The maximum Gasteiger partial charge on any atom is 0.289 e. The van der Waals surface area contributed by atoms with E-state index in [1.807, 2.05) is 40.1 Å². The van der Waals surface area contributed by atoms with Crippen molar-refractivity contribution >= 4 is 11.8 Å². The molecule has 2 aliphatic rings. The van der Waals surface area contributed by atoms with Gasteiger partial charge in [-0.15, -0.1) is 0 Å². The second-order valence-corrected chi connectivity index (χ2v) is 7.65. The summed E-state index contributed by atoms with van der Waals surface area (Å²) < 4.78 is 5.82. The molecule has 148 valence electrons. The molecular formula is C22H27N3O3. The van der Waals surface area contributed by atoms with Crippen LogP contribution < -0.4 is 5.32 Å². The molecule has 6 nitrogen and oxygen atoms in total. The van der Waals surface area contributed by atoms with E-state index in [1.54, 1.807) is 6.07 Å². The van der Waals surface area contributed by atoms with E-state index >= 15 is 0 Å². The third kappa shape index (κ3) is 3.83. The molecule has 2 aromatic rings. The van der Waals surface area contributed by atoms with Crippen LogP contribution in [-0.4, -0.2) is 60.4 Å². The number of rotatable bonds is 3. The van der Waals surface area contributed by atoms with E-state index in [1.165, 1.54) is 6.42 Å². The molecule has 0 bridgehead atoms. The van der Waals surface area contributed by atoms with E-state index in [-0.39, 0.29) is 17.9 Å². The van der Waals surface area contributed by atoms with Crippen LogP contribution in [0.15, 0.2) is 40.8 Å². The summed E-state index contributed by atoms with van der Waals surface area (Å²) in [6.07, 6.45) is 3.30. The number of hydrogen-bond donors (Lipinski definition) is 1. The summed E-state index contributed by atoms with van der Waals surface area (Å²) in [5.41, 5.74) is 1.54. The van der Waals surface area contributed by atoms with Gasteiger partial charge in [-0.3, -0.25) is 9.59 Å². The highest BCUT2D eigenvalue weighted by Crippen LogP contribution is 2.25. The molecule has 2 fully saturated rings. The molecule has 2 saturated heterocycles. The van der Waals surface area contributed by atoms with Crippen molar-refractivity contribution in [2.75, 3.05) is 32.7 Å². The first-order chi connectivity index (χ1) is 13.6. The molecule has 0 spiro atoms. The Kier molecular flexibility index (Phi) is 5.48. The molecule has 0 radical (unpaired) electrons. The monoisotopic (exact) mass is 381 g/mol. The molecule has 1 N–H and O–H groups in total. The Balaban J connectivity index is 1.46. The highest BCUT2D eigenvalue weighted by atomic mass is 16.4. The SMILES string of the molecule is CC1CNCCN1C(=O)c1ccc(-c2ccc(C(=O)N3CCCCC3)o2)cc1. The molecule has 6 heteroatoms. The number of nitrogens with one attached hydrogen (secondary N) is 1. The van der Waals surface area contributed by atoms with Gasteiger partial charge >= 0.3 is 0 Å². The number of carbonyl (C=O) groups is 2. The molecule has 1 unspecified atom stereocenters. The molecule has 0 aliphatic carbocycles. The summed E-state index contributed by atoms with van der Waals surface area (Å²) in [4.78, 5) is 29.1. The van der Waals surface area contributed by atoms with E-state index in [0.717, 1.165) is 51.1 Å². The first-order valence-electron chi connectivity index (χ1n) is 10.1. The highest BCUT2D eigenvalue weighted by molar-refractivity contribution is 5.95. The number of nitrogens with zero attached hydrogens (tertiary/aromatic N) is 2. The second-order valence-electron chi connectivity index (χ2n) is 7.65. The van der Waals surface area contributed by atoms with Crippen LogP contribution in [0.2, 0.25) is 0 Å². The van der Waals surface area contributed by atoms with Gasteiger partial charge < -0.3 is 19.5 Å². The van der Waals surface area contributed by atoms with Gasteiger partial charge in [0.1, 0.15) is 5.76 Å². The normalized spacial score (nSPS) is 20.2. The van der Waals surface area contributed by atoms with Crippen LogP contribution in [0.3, 0.4) is 0 Å². The molecule has 1 aromatic heterocycles. The third-order valence-corrected chi connectivity index (χ3v) is 5.64. The summed E-state index contributed by atoms with van der Waals surface area (Å²) in [5.74, 6) is 1.05. The van der Waals surface area contributed by atoms with Gasteiger partial charge in [-0.25, -0.2) is 0 Å². The van der Waals surface area contributed by atoms with Crippen LogP contribution in [0.1, 0.15) is 47.1 Å². The van der Waals surface area contributed by atoms with Crippen LogP contribution in [0.4, 0.5) is 0 Å². The molecule has 1 aromatic carbocycles. The third-order valence-electron chi connectivity index (χ3n) is 5.64. The van der Waals surface area contributed by atoms with E-state index in [2.05, 4.69) is 12.2 Å². The Morgan fingerprint density at radius 3 is 2.43 bits per heavy atom. The maximum atomic E-state index is 12.8. The quantitative estimate of drug-likeness (QED) is 0.888. The number of benzene rings is 1. The number of likely N-dealkylation sites (tertiary alicyclic amines) is 1. The first kappa shape index (κ1) is 18.7. The second kappa shape index (κ2) is 8.19. The van der Waals surface area contributed by atoms with Crippen molar-refractivity contribution in [3.63, 3.8) is 0 Å². The van der Waals surface area contributed by atoms with Crippen molar-refractivity contribution in [1.82, 2.24) is 15.1 Å². The predicted molar refractivity (Wildman–Crippen MR) is 107 cm³/mol. The minimum Gasteiger partial charge on any atom is -0.451 e. The number of carbonyl (C=O) groups excluding carboxylic acids is 2. The molecule has 3 heterocycles. The molecule has 1 atom stereocenters. The lowest BCUT2D eigenvalue weighted by atomic mass is 10.1. The Morgan fingerprint density at radius 2 is 1.71 bits per heavy atom. The largest absolute Gasteiger partial charge is 0.451 e. The smallest absolute Gasteiger partial charge is 0.289 e. The minimum atomic E-state index is -0.0366. The van der Waals surface area contributed by atoms with Gasteiger partial charge in [-0.2, -0.15) is 0 Å². The van der Waals surface area contributed by atoms with Crippen LogP contribution in [-0.2, 0) is 0 Å². The van der Waals surface area contributed by atoms with Crippen LogP contribution >= 0.6 is 0 Å². The lowest BCUT2D eigenvalue weighted by Crippen LogP contribution is -2.52. The average Bonchev–Trinajstić information content (AvgIpc) is 3.24. The lowest BCUT2D eigenvalue weighted by Gasteiger charge is -2.34. The lowest BCUT2D eigenvalue weighted by molar-refractivity contribution is 0.0654. The molecule has 2 amide bonds. The van der Waals surface area contributed by atoms with Crippen molar-refractivity contribution in [2.24, 2.45) is 0 Å². The fourth-order valence-electron chi connectivity index (χ4n) is 3.95. The van der Waals surface area contributed by atoms with E-state index in [0.29, 0.717) is 17.1 Å². The van der Waals surface area contributed by atoms with Crippen LogP contribution in [0.25, 0.3) is 11.3 Å². The number of piperazine rings is 1. The summed E-state index contributed by atoms with van der Waals surface area (Å²) in [6.45, 7) is 6.04. The first-order valence-corrected chi connectivity index (χ1v) is 10.1. The van der Waals surface area contributed by atoms with Gasteiger partial charge in [0.15, 0.2) is 5.76 Å². The predicted octanol–water partition coefficient (Wildman–Crippen LogP) is 3.01. The number of amides is 2. The van der Waals surface area contributed by atoms with Crippen molar-refractivity contribution < 1.29 is 14.0 Å². The number of furan rings is 1. The fraction of sp³-hybridized carbons (Fsp3) is 0.455. The zero-order valence-corrected chi connectivity index (χ0v) is 16.3. The van der Waals surface area contributed by atoms with Crippen molar-refractivity contribution in [3.8, 4) is 11.3 Å². The van der Waals surface area contributed by atoms with Crippen LogP contribution in [0.5, 0.6) is 0 Å². The zero-order chi connectivity index (χ0) is 19.5. The summed E-state index contributed by atoms with van der Waals surface area (Å²) in [6, 6.07) is 11.2. The van der Waals surface area contributed by atoms with Gasteiger partial charge in [-0.05, 0) is 50.5 Å². The van der Waals surface area contributed by atoms with Crippen LogP contribution in [0, 0.1) is 0 Å². The fourth-order valence-corrected chi connectivity index (χ4v) is 3.95.